The molecule has 21 heavy (non-hydrogen) atoms. The minimum absolute atomic E-state index is 0.106. The molecule has 5 nitrogen and oxygen atoms in total. The van der Waals surface area contributed by atoms with E-state index >= 15 is 0 Å². The zero-order valence-corrected chi connectivity index (χ0v) is 12.2. The van der Waals surface area contributed by atoms with E-state index in [4.69, 9.17) is 0 Å². The van der Waals surface area contributed by atoms with Crippen molar-refractivity contribution in [1.82, 2.24) is 16.0 Å². The average Bonchev–Trinajstić information content (AvgIpc) is 3.30. The minimum Gasteiger partial charge on any atom is -0.352 e. The third-order valence-electron chi connectivity index (χ3n) is 4.02. The lowest BCUT2D eigenvalue weighted by Crippen LogP contribution is -2.45. The van der Waals surface area contributed by atoms with Crippen molar-refractivity contribution < 1.29 is 9.59 Å². The molecule has 3 rings (SSSR count). The van der Waals surface area contributed by atoms with Crippen LogP contribution in [0, 0.1) is 0 Å². The van der Waals surface area contributed by atoms with Crippen LogP contribution < -0.4 is 16.0 Å². The average molecular weight is 287 g/mol. The Bertz CT molecular complexity index is 567. The number of amides is 2. The number of fused-ring (bicyclic) bond motifs is 1. The number of benzene rings is 1. The molecule has 0 aromatic heterocycles. The van der Waals surface area contributed by atoms with Gasteiger partial charge in [0.15, 0.2) is 0 Å². The van der Waals surface area contributed by atoms with Gasteiger partial charge >= 0.3 is 0 Å². The molecular weight excluding hydrogens is 266 g/mol. The molecule has 1 aromatic carbocycles. The van der Waals surface area contributed by atoms with Crippen molar-refractivity contribution in [3.8, 4) is 0 Å². The van der Waals surface area contributed by atoms with Crippen LogP contribution in [0.3, 0.4) is 0 Å². The van der Waals surface area contributed by atoms with E-state index in [-0.39, 0.29) is 11.8 Å². The highest BCUT2D eigenvalue weighted by atomic mass is 16.2. The van der Waals surface area contributed by atoms with Crippen LogP contribution in [0.2, 0.25) is 0 Å². The monoisotopic (exact) mass is 287 g/mol. The summed E-state index contributed by atoms with van der Waals surface area (Å²) in [7, 11) is 0. The first-order chi connectivity index (χ1) is 10.1. The lowest BCUT2D eigenvalue weighted by atomic mass is 9.98. The van der Waals surface area contributed by atoms with Gasteiger partial charge in [-0.15, -0.1) is 0 Å². The molecule has 2 amide bonds. The van der Waals surface area contributed by atoms with Gasteiger partial charge in [0.1, 0.15) is 6.04 Å². The Morgan fingerprint density at radius 3 is 2.86 bits per heavy atom. The van der Waals surface area contributed by atoms with E-state index < -0.39 is 6.04 Å². The maximum atomic E-state index is 12.2. The van der Waals surface area contributed by atoms with Gasteiger partial charge in [-0.3, -0.25) is 9.59 Å². The van der Waals surface area contributed by atoms with Gasteiger partial charge in [-0.1, -0.05) is 6.07 Å². The van der Waals surface area contributed by atoms with Crippen LogP contribution in [0.1, 0.15) is 41.3 Å². The Kier molecular flexibility index (Phi) is 3.92. The smallest absolute Gasteiger partial charge is 0.251 e. The summed E-state index contributed by atoms with van der Waals surface area (Å²) in [5.74, 6) is -0.299. The van der Waals surface area contributed by atoms with Crippen LogP contribution in [0.25, 0.3) is 0 Å². The Balaban J connectivity index is 1.62. The highest BCUT2D eigenvalue weighted by Gasteiger charge is 2.26. The Labute approximate surface area is 124 Å². The molecule has 1 aromatic rings. The molecule has 0 saturated heterocycles. The molecule has 1 aliphatic carbocycles. The van der Waals surface area contributed by atoms with Gasteiger partial charge in [0.2, 0.25) is 5.91 Å². The van der Waals surface area contributed by atoms with E-state index in [9.17, 15) is 9.59 Å². The topological polar surface area (TPSA) is 70.2 Å². The fourth-order valence-electron chi connectivity index (χ4n) is 2.52. The summed E-state index contributed by atoms with van der Waals surface area (Å²) in [4.78, 5) is 24.1. The summed E-state index contributed by atoms with van der Waals surface area (Å²) in [6.07, 6.45) is 3.09. The Hall–Kier alpha value is -1.88. The molecule has 1 saturated carbocycles. The fraction of sp³-hybridized carbons (Fsp3) is 0.500. The van der Waals surface area contributed by atoms with Gasteiger partial charge in [0, 0.05) is 18.2 Å². The predicted octanol–water partition coefficient (Wildman–Crippen LogP) is 0.729. The Morgan fingerprint density at radius 1 is 1.29 bits per heavy atom. The molecule has 112 valence electrons. The van der Waals surface area contributed by atoms with Crippen LogP contribution in [-0.4, -0.2) is 30.4 Å². The van der Waals surface area contributed by atoms with Crippen LogP contribution in [-0.2, 0) is 17.8 Å². The van der Waals surface area contributed by atoms with E-state index in [0.717, 1.165) is 32.4 Å². The standard InChI is InChI=1S/C16H21N3O2/c1-10(15(20)19-14-4-5-14)18-16(21)12-3-2-11-6-7-17-9-13(11)8-12/h2-3,8,10,14,17H,4-7,9H2,1H3,(H,18,21)(H,19,20). The molecule has 1 atom stereocenters. The first-order valence-electron chi connectivity index (χ1n) is 7.57. The maximum absolute atomic E-state index is 12.2. The predicted molar refractivity (Wildman–Crippen MR) is 79.9 cm³/mol. The molecule has 0 bridgehead atoms. The second kappa shape index (κ2) is 5.85. The van der Waals surface area contributed by atoms with Crippen LogP contribution in [0.15, 0.2) is 18.2 Å². The van der Waals surface area contributed by atoms with Crippen molar-refractivity contribution >= 4 is 11.8 Å². The highest BCUT2D eigenvalue weighted by Crippen LogP contribution is 2.19. The quantitative estimate of drug-likeness (QED) is 0.764. The zero-order chi connectivity index (χ0) is 14.8. The minimum atomic E-state index is -0.507. The zero-order valence-electron chi connectivity index (χ0n) is 12.2. The van der Waals surface area contributed by atoms with Crippen molar-refractivity contribution in [3.63, 3.8) is 0 Å². The largest absolute Gasteiger partial charge is 0.352 e. The lowest BCUT2D eigenvalue weighted by Gasteiger charge is -2.18. The second-order valence-electron chi connectivity index (χ2n) is 5.89. The first-order valence-corrected chi connectivity index (χ1v) is 7.57. The van der Waals surface area contributed by atoms with Gasteiger partial charge in [0.05, 0.1) is 0 Å². The molecular formula is C16H21N3O2. The normalized spacial score (nSPS) is 18.5. The van der Waals surface area contributed by atoms with E-state index in [1.807, 2.05) is 18.2 Å². The highest BCUT2D eigenvalue weighted by molar-refractivity contribution is 5.97. The molecule has 1 aliphatic heterocycles. The van der Waals surface area contributed by atoms with Gasteiger partial charge in [-0.05, 0) is 56.0 Å². The van der Waals surface area contributed by atoms with Crippen molar-refractivity contribution in [3.05, 3.63) is 34.9 Å². The van der Waals surface area contributed by atoms with Crippen molar-refractivity contribution in [2.45, 2.75) is 44.8 Å². The number of hydrogen-bond donors (Lipinski definition) is 3. The van der Waals surface area contributed by atoms with Crippen LogP contribution >= 0.6 is 0 Å². The van der Waals surface area contributed by atoms with Crippen molar-refractivity contribution in [2.24, 2.45) is 0 Å². The first kappa shape index (κ1) is 14.1. The third-order valence-corrected chi connectivity index (χ3v) is 4.02. The molecule has 1 heterocycles. The van der Waals surface area contributed by atoms with Crippen molar-refractivity contribution in [2.75, 3.05) is 6.54 Å². The molecule has 2 aliphatic rings. The van der Waals surface area contributed by atoms with Gasteiger partial charge in [-0.25, -0.2) is 0 Å². The van der Waals surface area contributed by atoms with E-state index in [2.05, 4.69) is 16.0 Å². The fourth-order valence-corrected chi connectivity index (χ4v) is 2.52. The molecule has 1 fully saturated rings. The number of nitrogens with one attached hydrogen (secondary N) is 3. The number of hydrogen-bond acceptors (Lipinski definition) is 3. The SMILES string of the molecule is CC(NC(=O)c1ccc2c(c1)CNCC2)C(=O)NC1CC1. The Morgan fingerprint density at radius 2 is 2.10 bits per heavy atom. The number of rotatable bonds is 4. The summed E-state index contributed by atoms with van der Waals surface area (Å²) >= 11 is 0. The molecule has 0 spiro atoms. The third kappa shape index (κ3) is 3.42. The van der Waals surface area contributed by atoms with Crippen molar-refractivity contribution in [1.29, 1.82) is 0 Å². The van der Waals surface area contributed by atoms with Gasteiger partial charge < -0.3 is 16.0 Å². The van der Waals surface area contributed by atoms with Gasteiger partial charge in [0.25, 0.3) is 5.91 Å². The molecule has 3 N–H and O–H groups in total. The van der Waals surface area contributed by atoms with Crippen LogP contribution in [0.4, 0.5) is 0 Å². The second-order valence-corrected chi connectivity index (χ2v) is 5.89. The summed E-state index contributed by atoms with van der Waals surface area (Å²) in [6.45, 7) is 3.50. The summed E-state index contributed by atoms with van der Waals surface area (Å²) in [5.41, 5.74) is 3.08. The molecule has 1 unspecified atom stereocenters. The van der Waals surface area contributed by atoms with E-state index in [0.29, 0.717) is 11.6 Å². The molecule has 0 radical (unpaired) electrons. The number of carbonyl (C=O) groups is 2. The van der Waals surface area contributed by atoms with E-state index in [1.165, 1.54) is 11.1 Å². The summed E-state index contributed by atoms with van der Waals surface area (Å²) in [5, 5.41) is 8.96. The van der Waals surface area contributed by atoms with Crippen LogP contribution in [0.5, 0.6) is 0 Å². The summed E-state index contributed by atoms with van der Waals surface area (Å²) in [6, 6.07) is 5.58. The summed E-state index contributed by atoms with van der Waals surface area (Å²) < 4.78 is 0. The maximum Gasteiger partial charge on any atom is 0.251 e. The number of carbonyl (C=O) groups excluding carboxylic acids is 2. The van der Waals surface area contributed by atoms with Gasteiger partial charge in [-0.2, -0.15) is 0 Å². The van der Waals surface area contributed by atoms with E-state index in [1.54, 1.807) is 6.92 Å². The lowest BCUT2D eigenvalue weighted by molar-refractivity contribution is -0.122. The molecule has 5 heteroatoms.